The zero-order valence-electron chi connectivity index (χ0n) is 12.4. The smallest absolute Gasteiger partial charge is 0.263 e. The zero-order chi connectivity index (χ0) is 15.0. The van der Waals surface area contributed by atoms with E-state index in [0.717, 1.165) is 27.7 Å². The van der Waals surface area contributed by atoms with Crippen molar-refractivity contribution in [3.8, 4) is 5.75 Å². The molecule has 0 atom stereocenters. The fourth-order valence-electron chi connectivity index (χ4n) is 2.50. The summed E-state index contributed by atoms with van der Waals surface area (Å²) in [5.41, 5.74) is 7.01. The van der Waals surface area contributed by atoms with Crippen LogP contribution in [-0.4, -0.2) is 18.6 Å². The van der Waals surface area contributed by atoms with E-state index in [0.29, 0.717) is 0 Å². The fraction of sp³-hybridized carbons (Fsp3) is 0.235. The van der Waals surface area contributed by atoms with Gasteiger partial charge in [0.25, 0.3) is 5.91 Å². The van der Waals surface area contributed by atoms with Crippen molar-refractivity contribution in [1.82, 2.24) is 10.9 Å². The highest BCUT2D eigenvalue weighted by Gasteiger charge is 2.34. The maximum atomic E-state index is 11.9. The van der Waals surface area contributed by atoms with Crippen molar-refractivity contribution in [1.29, 1.82) is 0 Å². The predicted molar refractivity (Wildman–Crippen MR) is 83.8 cm³/mol. The average Bonchev–Trinajstić information content (AvgIpc) is 2.73. The third kappa shape index (κ3) is 2.50. The van der Waals surface area contributed by atoms with Crippen molar-refractivity contribution >= 4 is 22.8 Å². The monoisotopic (exact) mass is 282 g/mol. The van der Waals surface area contributed by atoms with Gasteiger partial charge < -0.3 is 4.74 Å². The molecule has 0 aromatic heterocycles. The van der Waals surface area contributed by atoms with Crippen molar-refractivity contribution in [2.45, 2.75) is 19.4 Å². The number of carbonyl (C=O) groups excluding carboxylic acids is 1. The number of carbonyl (C=O) groups is 1. The van der Waals surface area contributed by atoms with Gasteiger partial charge in [-0.1, -0.05) is 18.2 Å². The molecular weight excluding hydrogens is 264 g/mol. The van der Waals surface area contributed by atoms with Crippen LogP contribution in [0.5, 0.6) is 5.75 Å². The maximum Gasteiger partial charge on any atom is 0.263 e. The lowest BCUT2D eigenvalue weighted by molar-refractivity contribution is -0.116. The molecule has 0 aliphatic carbocycles. The zero-order valence-corrected chi connectivity index (χ0v) is 12.4. The van der Waals surface area contributed by atoms with E-state index in [-0.39, 0.29) is 11.4 Å². The van der Waals surface area contributed by atoms with Crippen LogP contribution >= 0.6 is 0 Å². The Morgan fingerprint density at radius 2 is 1.81 bits per heavy atom. The van der Waals surface area contributed by atoms with E-state index >= 15 is 0 Å². The molecule has 2 aromatic rings. The molecule has 3 rings (SSSR count). The molecule has 1 heterocycles. The summed E-state index contributed by atoms with van der Waals surface area (Å²) >= 11 is 0. The van der Waals surface area contributed by atoms with Crippen LogP contribution in [0.2, 0.25) is 0 Å². The van der Waals surface area contributed by atoms with Crippen molar-refractivity contribution in [2.75, 3.05) is 7.11 Å². The van der Waals surface area contributed by atoms with E-state index in [2.05, 4.69) is 16.9 Å². The molecule has 0 radical (unpaired) electrons. The summed E-state index contributed by atoms with van der Waals surface area (Å²) in [6.45, 7) is 3.95. The molecule has 1 aliphatic heterocycles. The third-order valence-electron chi connectivity index (χ3n) is 3.79. The number of amides is 1. The number of hydrogen-bond donors (Lipinski definition) is 2. The molecule has 4 heteroatoms. The lowest BCUT2D eigenvalue weighted by atomic mass is 9.93. The van der Waals surface area contributed by atoms with Crippen molar-refractivity contribution in [3.05, 3.63) is 47.5 Å². The summed E-state index contributed by atoms with van der Waals surface area (Å²) in [5, 5.41) is 2.24. The van der Waals surface area contributed by atoms with E-state index in [1.54, 1.807) is 7.11 Å². The second-order valence-electron chi connectivity index (χ2n) is 5.73. The molecule has 4 nitrogen and oxygen atoms in total. The van der Waals surface area contributed by atoms with E-state index < -0.39 is 0 Å². The summed E-state index contributed by atoms with van der Waals surface area (Å²) < 4.78 is 5.23. The van der Waals surface area contributed by atoms with Gasteiger partial charge in [-0.25, -0.2) is 5.43 Å². The van der Waals surface area contributed by atoms with Crippen LogP contribution in [0.25, 0.3) is 16.8 Å². The van der Waals surface area contributed by atoms with Gasteiger partial charge in [-0.15, -0.1) is 0 Å². The number of benzene rings is 2. The summed E-state index contributed by atoms with van der Waals surface area (Å²) in [6, 6.07) is 12.1. The van der Waals surface area contributed by atoms with Crippen LogP contribution in [0.15, 0.2) is 42.0 Å². The fourth-order valence-corrected chi connectivity index (χ4v) is 2.50. The number of fused-ring (bicyclic) bond motifs is 1. The van der Waals surface area contributed by atoms with Gasteiger partial charge >= 0.3 is 0 Å². The minimum absolute atomic E-state index is 0.0742. The van der Waals surface area contributed by atoms with Gasteiger partial charge in [-0.2, -0.15) is 0 Å². The number of rotatable bonds is 2. The quantitative estimate of drug-likeness (QED) is 0.833. The molecule has 0 spiro atoms. The SMILES string of the molecule is COc1ccc2cc(/C=C3\C(=O)NNC3(C)C)ccc2c1. The first-order chi connectivity index (χ1) is 9.99. The van der Waals surface area contributed by atoms with Crippen LogP contribution in [0.1, 0.15) is 19.4 Å². The summed E-state index contributed by atoms with van der Waals surface area (Å²) in [7, 11) is 1.66. The highest BCUT2D eigenvalue weighted by molar-refractivity contribution is 6.02. The molecule has 21 heavy (non-hydrogen) atoms. The molecule has 2 N–H and O–H groups in total. The molecular formula is C17H18N2O2. The molecule has 108 valence electrons. The lowest BCUT2D eigenvalue weighted by Gasteiger charge is -2.17. The van der Waals surface area contributed by atoms with Gasteiger partial charge in [-0.05, 0) is 54.5 Å². The van der Waals surface area contributed by atoms with Crippen LogP contribution in [0.3, 0.4) is 0 Å². The summed E-state index contributed by atoms with van der Waals surface area (Å²) in [5.74, 6) is 0.768. The standard InChI is InChI=1S/C17H18N2O2/c1-17(2)15(16(20)18-19-17)9-11-4-5-13-10-14(21-3)7-6-12(13)8-11/h4-10,19H,1-3H3,(H,18,20)/b15-9+. The molecule has 0 bridgehead atoms. The Morgan fingerprint density at radius 3 is 2.48 bits per heavy atom. The highest BCUT2D eigenvalue weighted by atomic mass is 16.5. The minimum Gasteiger partial charge on any atom is -0.497 e. The number of methoxy groups -OCH3 is 1. The molecule has 2 aromatic carbocycles. The van der Waals surface area contributed by atoms with Crippen LogP contribution in [-0.2, 0) is 4.79 Å². The van der Waals surface area contributed by atoms with E-state index in [4.69, 9.17) is 4.74 Å². The second kappa shape index (κ2) is 4.90. The maximum absolute atomic E-state index is 11.9. The molecule has 0 saturated carbocycles. The van der Waals surface area contributed by atoms with Crippen molar-refractivity contribution < 1.29 is 9.53 Å². The molecule has 0 unspecified atom stereocenters. The number of hydrazine groups is 1. The number of ether oxygens (including phenoxy) is 1. The predicted octanol–water partition coefficient (Wildman–Crippen LogP) is 2.64. The Kier molecular flexibility index (Phi) is 3.18. The van der Waals surface area contributed by atoms with Crippen LogP contribution in [0, 0.1) is 0 Å². The lowest BCUT2D eigenvalue weighted by Crippen LogP contribution is -2.38. The Bertz CT molecular complexity index is 748. The van der Waals surface area contributed by atoms with Crippen LogP contribution in [0.4, 0.5) is 0 Å². The molecule has 1 fully saturated rings. The van der Waals surface area contributed by atoms with Gasteiger partial charge in [0.05, 0.1) is 12.6 Å². The van der Waals surface area contributed by atoms with Gasteiger partial charge in [0.2, 0.25) is 0 Å². The van der Waals surface area contributed by atoms with Gasteiger partial charge in [0.15, 0.2) is 0 Å². The Labute approximate surface area is 123 Å². The van der Waals surface area contributed by atoms with Crippen molar-refractivity contribution in [2.24, 2.45) is 0 Å². The first-order valence-electron chi connectivity index (χ1n) is 6.87. The van der Waals surface area contributed by atoms with Gasteiger partial charge in [-0.3, -0.25) is 10.2 Å². The second-order valence-corrected chi connectivity index (χ2v) is 5.73. The summed E-state index contributed by atoms with van der Waals surface area (Å²) in [4.78, 5) is 11.9. The van der Waals surface area contributed by atoms with Crippen molar-refractivity contribution in [3.63, 3.8) is 0 Å². The Balaban J connectivity index is 2.04. The normalized spacial score (nSPS) is 19.0. The molecule has 1 amide bonds. The minimum atomic E-state index is -0.369. The van der Waals surface area contributed by atoms with E-state index in [1.165, 1.54) is 0 Å². The van der Waals surface area contributed by atoms with Gasteiger partial charge in [0, 0.05) is 5.57 Å². The molecule has 1 saturated heterocycles. The third-order valence-corrected chi connectivity index (χ3v) is 3.79. The largest absolute Gasteiger partial charge is 0.497 e. The number of hydrogen-bond acceptors (Lipinski definition) is 3. The highest BCUT2D eigenvalue weighted by Crippen LogP contribution is 2.26. The summed E-state index contributed by atoms with van der Waals surface area (Å²) in [6.07, 6.45) is 1.93. The first-order valence-corrected chi connectivity index (χ1v) is 6.87. The molecule has 1 aliphatic rings. The Hall–Kier alpha value is -2.33. The Morgan fingerprint density at radius 1 is 1.10 bits per heavy atom. The number of nitrogens with one attached hydrogen (secondary N) is 2. The van der Waals surface area contributed by atoms with Crippen LogP contribution < -0.4 is 15.6 Å². The van der Waals surface area contributed by atoms with E-state index in [1.807, 2.05) is 50.3 Å². The van der Waals surface area contributed by atoms with Gasteiger partial charge in [0.1, 0.15) is 5.75 Å². The van der Waals surface area contributed by atoms with E-state index in [9.17, 15) is 4.79 Å². The topological polar surface area (TPSA) is 50.4 Å². The first kappa shape index (κ1) is 13.6. The average molecular weight is 282 g/mol.